The molecule has 0 saturated heterocycles. The Balaban J connectivity index is 0.00000256. The predicted molar refractivity (Wildman–Crippen MR) is 76.9 cm³/mol. The Bertz CT molecular complexity index is 330. The van der Waals surface area contributed by atoms with Crippen molar-refractivity contribution >= 4 is 30.1 Å². The van der Waals surface area contributed by atoms with Crippen LogP contribution in [-0.4, -0.2) is 24.5 Å². The van der Waals surface area contributed by atoms with Crippen molar-refractivity contribution in [2.75, 3.05) is 18.6 Å². The fourth-order valence-electron chi connectivity index (χ4n) is 1.31. The molecule has 0 radical (unpaired) electrons. The van der Waals surface area contributed by atoms with Gasteiger partial charge < -0.3 is 11.1 Å². The fraction of sp³-hybridized carbons (Fsp3) is 0.417. The van der Waals surface area contributed by atoms with E-state index in [1.54, 1.807) is 11.8 Å². The molecule has 96 valence electrons. The van der Waals surface area contributed by atoms with Crippen LogP contribution >= 0.6 is 24.2 Å². The molecule has 0 unspecified atom stereocenters. The summed E-state index contributed by atoms with van der Waals surface area (Å²) in [6, 6.07) is 7.39. The zero-order valence-electron chi connectivity index (χ0n) is 9.94. The number of halogens is 1. The lowest BCUT2D eigenvalue weighted by molar-refractivity contribution is 0.0954. The van der Waals surface area contributed by atoms with E-state index in [1.807, 2.05) is 24.3 Å². The van der Waals surface area contributed by atoms with Gasteiger partial charge in [0.25, 0.3) is 5.91 Å². The average Bonchev–Trinajstić information content (AvgIpc) is 2.34. The molecule has 1 amide bonds. The lowest BCUT2D eigenvalue weighted by atomic mass is 10.1. The summed E-state index contributed by atoms with van der Waals surface area (Å²) in [5.74, 6) is 1.07. The van der Waals surface area contributed by atoms with Crippen molar-refractivity contribution in [2.24, 2.45) is 5.73 Å². The summed E-state index contributed by atoms with van der Waals surface area (Å²) in [5, 5.41) is 2.89. The molecule has 0 bridgehead atoms. The molecular formula is C12H19ClN2OS. The van der Waals surface area contributed by atoms with Gasteiger partial charge in [0.05, 0.1) is 0 Å². The van der Waals surface area contributed by atoms with E-state index in [-0.39, 0.29) is 18.3 Å². The van der Waals surface area contributed by atoms with Crippen LogP contribution in [-0.2, 0) is 6.54 Å². The second kappa shape index (κ2) is 9.33. The summed E-state index contributed by atoms with van der Waals surface area (Å²) in [6.45, 7) is 1.24. The molecule has 3 nitrogen and oxygen atoms in total. The summed E-state index contributed by atoms with van der Waals surface area (Å²) in [6.07, 6.45) is 3.07. The Morgan fingerprint density at radius 1 is 1.35 bits per heavy atom. The van der Waals surface area contributed by atoms with Gasteiger partial charge in [-0.25, -0.2) is 0 Å². The van der Waals surface area contributed by atoms with Crippen LogP contribution < -0.4 is 11.1 Å². The highest BCUT2D eigenvalue weighted by Gasteiger charge is 2.03. The maximum absolute atomic E-state index is 11.7. The molecule has 0 aliphatic carbocycles. The molecule has 17 heavy (non-hydrogen) atoms. The molecule has 0 atom stereocenters. The van der Waals surface area contributed by atoms with Gasteiger partial charge in [0.2, 0.25) is 0 Å². The minimum Gasteiger partial charge on any atom is -0.352 e. The Hall–Kier alpha value is -0.710. The fourth-order valence-corrected chi connectivity index (χ4v) is 1.75. The first kappa shape index (κ1) is 16.3. The third kappa shape index (κ3) is 5.96. The lowest BCUT2D eigenvalue weighted by Gasteiger charge is -2.05. The Morgan fingerprint density at radius 2 is 2.00 bits per heavy atom. The third-order valence-electron chi connectivity index (χ3n) is 2.26. The molecule has 0 aromatic heterocycles. The molecular weight excluding hydrogens is 256 g/mol. The van der Waals surface area contributed by atoms with E-state index in [0.717, 1.165) is 24.3 Å². The van der Waals surface area contributed by atoms with Crippen LogP contribution in [0.1, 0.15) is 22.3 Å². The molecule has 0 spiro atoms. The van der Waals surface area contributed by atoms with Crippen molar-refractivity contribution in [1.82, 2.24) is 5.32 Å². The van der Waals surface area contributed by atoms with Crippen molar-refractivity contribution in [2.45, 2.75) is 13.0 Å². The van der Waals surface area contributed by atoms with Crippen molar-refractivity contribution in [1.29, 1.82) is 0 Å². The monoisotopic (exact) mass is 274 g/mol. The Labute approximate surface area is 113 Å². The Kier molecular flexibility index (Phi) is 8.94. The summed E-state index contributed by atoms with van der Waals surface area (Å²) >= 11 is 1.79. The topological polar surface area (TPSA) is 55.1 Å². The van der Waals surface area contributed by atoms with E-state index in [9.17, 15) is 4.79 Å². The van der Waals surface area contributed by atoms with Gasteiger partial charge in [0.1, 0.15) is 0 Å². The van der Waals surface area contributed by atoms with E-state index in [0.29, 0.717) is 12.1 Å². The second-order valence-electron chi connectivity index (χ2n) is 3.50. The van der Waals surface area contributed by atoms with Gasteiger partial charge >= 0.3 is 0 Å². The van der Waals surface area contributed by atoms with Crippen molar-refractivity contribution in [3.05, 3.63) is 35.4 Å². The van der Waals surface area contributed by atoms with Gasteiger partial charge in [0.15, 0.2) is 0 Å². The average molecular weight is 275 g/mol. The van der Waals surface area contributed by atoms with Crippen LogP contribution in [0.15, 0.2) is 24.3 Å². The largest absolute Gasteiger partial charge is 0.352 e. The van der Waals surface area contributed by atoms with Gasteiger partial charge in [-0.2, -0.15) is 11.8 Å². The first-order valence-electron chi connectivity index (χ1n) is 5.34. The third-order valence-corrected chi connectivity index (χ3v) is 2.96. The van der Waals surface area contributed by atoms with Crippen LogP contribution in [0, 0.1) is 0 Å². The van der Waals surface area contributed by atoms with Gasteiger partial charge in [-0.05, 0) is 36.1 Å². The highest BCUT2D eigenvalue weighted by molar-refractivity contribution is 7.98. The van der Waals surface area contributed by atoms with Crippen molar-refractivity contribution < 1.29 is 4.79 Å². The van der Waals surface area contributed by atoms with E-state index >= 15 is 0 Å². The predicted octanol–water partition coefficient (Wildman–Crippen LogP) is 2.05. The number of benzene rings is 1. The van der Waals surface area contributed by atoms with Crippen LogP contribution in [0.4, 0.5) is 0 Å². The molecule has 5 heteroatoms. The number of rotatable bonds is 6. The maximum Gasteiger partial charge on any atom is 0.251 e. The quantitative estimate of drug-likeness (QED) is 0.781. The lowest BCUT2D eigenvalue weighted by Crippen LogP contribution is -2.24. The standard InChI is InChI=1S/C12H18N2OS.ClH/c1-16-8-2-7-14-12(15)11-5-3-10(9-13)4-6-11;/h3-6H,2,7-9,13H2,1H3,(H,14,15);1H. The zero-order valence-corrected chi connectivity index (χ0v) is 11.6. The molecule has 0 aliphatic rings. The number of amides is 1. The molecule has 0 fully saturated rings. The highest BCUT2D eigenvalue weighted by atomic mass is 35.5. The van der Waals surface area contributed by atoms with Gasteiger partial charge in [-0.1, -0.05) is 12.1 Å². The molecule has 1 rings (SSSR count). The molecule has 1 aromatic carbocycles. The number of hydrogen-bond acceptors (Lipinski definition) is 3. The van der Waals surface area contributed by atoms with E-state index < -0.39 is 0 Å². The normalized spacial score (nSPS) is 9.53. The maximum atomic E-state index is 11.7. The molecule has 0 heterocycles. The van der Waals surface area contributed by atoms with Crippen molar-refractivity contribution in [3.8, 4) is 0 Å². The Morgan fingerprint density at radius 3 is 2.53 bits per heavy atom. The zero-order chi connectivity index (χ0) is 11.8. The van der Waals surface area contributed by atoms with E-state index in [1.165, 1.54) is 0 Å². The summed E-state index contributed by atoms with van der Waals surface area (Å²) < 4.78 is 0. The number of nitrogens with two attached hydrogens (primary N) is 1. The minimum atomic E-state index is -0.00956. The SMILES string of the molecule is CSCCCNC(=O)c1ccc(CN)cc1.Cl. The summed E-state index contributed by atoms with van der Waals surface area (Å²) in [5.41, 5.74) is 7.22. The number of nitrogens with one attached hydrogen (secondary N) is 1. The number of thioether (sulfide) groups is 1. The molecule has 3 N–H and O–H groups in total. The van der Waals surface area contributed by atoms with Crippen LogP contribution in [0.3, 0.4) is 0 Å². The van der Waals surface area contributed by atoms with Gasteiger partial charge in [-0.3, -0.25) is 4.79 Å². The van der Waals surface area contributed by atoms with Gasteiger partial charge in [-0.15, -0.1) is 12.4 Å². The number of hydrogen-bond donors (Lipinski definition) is 2. The first-order valence-corrected chi connectivity index (χ1v) is 6.73. The van der Waals surface area contributed by atoms with Crippen LogP contribution in [0.2, 0.25) is 0 Å². The minimum absolute atomic E-state index is 0. The molecule has 0 saturated carbocycles. The molecule has 0 aliphatic heterocycles. The van der Waals surface area contributed by atoms with E-state index in [2.05, 4.69) is 11.6 Å². The first-order chi connectivity index (χ1) is 7.77. The number of carbonyl (C=O) groups excluding carboxylic acids is 1. The van der Waals surface area contributed by atoms with Crippen molar-refractivity contribution in [3.63, 3.8) is 0 Å². The van der Waals surface area contributed by atoms with Crippen LogP contribution in [0.5, 0.6) is 0 Å². The van der Waals surface area contributed by atoms with Crippen LogP contribution in [0.25, 0.3) is 0 Å². The smallest absolute Gasteiger partial charge is 0.251 e. The summed E-state index contributed by atoms with van der Waals surface area (Å²) in [4.78, 5) is 11.7. The van der Waals surface area contributed by atoms with Gasteiger partial charge in [0, 0.05) is 18.7 Å². The van der Waals surface area contributed by atoms with E-state index in [4.69, 9.17) is 5.73 Å². The summed E-state index contributed by atoms with van der Waals surface area (Å²) in [7, 11) is 0. The highest BCUT2D eigenvalue weighted by Crippen LogP contribution is 2.03. The molecule has 1 aromatic rings. The second-order valence-corrected chi connectivity index (χ2v) is 4.49. The number of carbonyl (C=O) groups is 1.